The van der Waals surface area contributed by atoms with Crippen molar-refractivity contribution >= 4 is 41.7 Å². The molecule has 20 heavy (non-hydrogen) atoms. The standard InChI is InChI=1S/C15H25N3S.HI/c1-13(9-10-14-7-5-4-6-8-14)18-15(16-2)17-11-12-19-3;/h4-8,13H,9-12H2,1-3H3,(H2,16,17,18);1H. The van der Waals surface area contributed by atoms with E-state index < -0.39 is 0 Å². The second kappa shape index (κ2) is 12.3. The van der Waals surface area contributed by atoms with Gasteiger partial charge in [-0.3, -0.25) is 4.99 Å². The Labute approximate surface area is 144 Å². The van der Waals surface area contributed by atoms with Crippen molar-refractivity contribution in [3.05, 3.63) is 35.9 Å². The molecule has 2 N–H and O–H groups in total. The third kappa shape index (κ3) is 8.68. The van der Waals surface area contributed by atoms with Crippen LogP contribution >= 0.6 is 35.7 Å². The average Bonchev–Trinajstić information content (AvgIpc) is 2.45. The largest absolute Gasteiger partial charge is 0.356 e. The van der Waals surface area contributed by atoms with Gasteiger partial charge in [0, 0.05) is 25.4 Å². The molecule has 0 saturated carbocycles. The predicted octanol–water partition coefficient (Wildman–Crippen LogP) is 3.15. The van der Waals surface area contributed by atoms with E-state index in [1.165, 1.54) is 5.56 Å². The van der Waals surface area contributed by atoms with Crippen molar-refractivity contribution in [3.63, 3.8) is 0 Å². The monoisotopic (exact) mass is 407 g/mol. The van der Waals surface area contributed by atoms with Crippen LogP contribution < -0.4 is 10.6 Å². The summed E-state index contributed by atoms with van der Waals surface area (Å²) in [6, 6.07) is 11.0. The maximum atomic E-state index is 4.24. The highest BCUT2D eigenvalue weighted by atomic mass is 127. The number of hydrogen-bond acceptors (Lipinski definition) is 2. The number of thioether (sulfide) groups is 1. The van der Waals surface area contributed by atoms with Gasteiger partial charge in [-0.15, -0.1) is 24.0 Å². The zero-order chi connectivity index (χ0) is 13.9. The van der Waals surface area contributed by atoms with E-state index in [1.807, 2.05) is 18.8 Å². The minimum absolute atomic E-state index is 0. The fourth-order valence-electron chi connectivity index (χ4n) is 1.80. The maximum Gasteiger partial charge on any atom is 0.191 e. The van der Waals surface area contributed by atoms with E-state index in [1.54, 1.807) is 0 Å². The molecular weight excluding hydrogens is 381 g/mol. The van der Waals surface area contributed by atoms with Gasteiger partial charge in [-0.05, 0) is 31.6 Å². The summed E-state index contributed by atoms with van der Waals surface area (Å²) in [6.45, 7) is 3.15. The van der Waals surface area contributed by atoms with Crippen molar-refractivity contribution in [1.29, 1.82) is 0 Å². The number of guanidine groups is 1. The number of rotatable bonds is 7. The van der Waals surface area contributed by atoms with E-state index in [-0.39, 0.29) is 24.0 Å². The number of aliphatic imine (C=N–C) groups is 1. The molecule has 0 heterocycles. The minimum atomic E-state index is 0. The smallest absolute Gasteiger partial charge is 0.191 e. The summed E-state index contributed by atoms with van der Waals surface area (Å²) in [7, 11) is 1.82. The molecule has 0 aliphatic heterocycles. The van der Waals surface area contributed by atoms with Gasteiger partial charge >= 0.3 is 0 Å². The number of aryl methyl sites for hydroxylation is 1. The number of benzene rings is 1. The molecule has 114 valence electrons. The van der Waals surface area contributed by atoms with Crippen LogP contribution in [0.2, 0.25) is 0 Å². The zero-order valence-corrected chi connectivity index (χ0v) is 15.7. The summed E-state index contributed by atoms with van der Waals surface area (Å²) in [5.41, 5.74) is 1.39. The second-order valence-corrected chi connectivity index (χ2v) is 5.55. The molecule has 0 bridgehead atoms. The summed E-state index contributed by atoms with van der Waals surface area (Å²) < 4.78 is 0. The molecule has 1 atom stereocenters. The Morgan fingerprint density at radius 3 is 2.60 bits per heavy atom. The molecule has 1 aromatic rings. The van der Waals surface area contributed by atoms with Gasteiger partial charge in [0.2, 0.25) is 0 Å². The van der Waals surface area contributed by atoms with Crippen LogP contribution in [0.3, 0.4) is 0 Å². The first-order chi connectivity index (χ1) is 9.26. The molecule has 0 amide bonds. The van der Waals surface area contributed by atoms with Crippen LogP contribution in [0, 0.1) is 0 Å². The molecule has 1 unspecified atom stereocenters. The fraction of sp³-hybridized carbons (Fsp3) is 0.533. The summed E-state index contributed by atoms with van der Waals surface area (Å²) in [4.78, 5) is 4.24. The SMILES string of the molecule is CN=C(NCCSC)NC(C)CCc1ccccc1.I. The molecule has 0 fully saturated rings. The molecule has 1 aromatic carbocycles. The molecule has 0 spiro atoms. The lowest BCUT2D eigenvalue weighted by molar-refractivity contribution is 0.595. The molecular formula is C15H26IN3S. The highest BCUT2D eigenvalue weighted by Crippen LogP contribution is 2.04. The summed E-state index contributed by atoms with van der Waals surface area (Å²) in [6.07, 6.45) is 4.31. The van der Waals surface area contributed by atoms with Crippen LogP contribution in [0.1, 0.15) is 18.9 Å². The van der Waals surface area contributed by atoms with E-state index in [0.29, 0.717) is 6.04 Å². The Bertz CT molecular complexity index is 371. The summed E-state index contributed by atoms with van der Waals surface area (Å²) >= 11 is 1.84. The molecule has 3 nitrogen and oxygen atoms in total. The van der Waals surface area contributed by atoms with Crippen molar-refractivity contribution in [1.82, 2.24) is 10.6 Å². The topological polar surface area (TPSA) is 36.4 Å². The number of hydrogen-bond donors (Lipinski definition) is 2. The van der Waals surface area contributed by atoms with Crippen LogP contribution in [0.25, 0.3) is 0 Å². The maximum absolute atomic E-state index is 4.24. The Balaban J connectivity index is 0.00000361. The number of nitrogens with zero attached hydrogens (tertiary/aromatic N) is 1. The highest BCUT2D eigenvalue weighted by Gasteiger charge is 2.05. The number of halogens is 1. The highest BCUT2D eigenvalue weighted by molar-refractivity contribution is 14.0. The van der Waals surface area contributed by atoms with E-state index in [0.717, 1.165) is 31.1 Å². The van der Waals surface area contributed by atoms with Gasteiger partial charge in [-0.1, -0.05) is 30.3 Å². The van der Waals surface area contributed by atoms with E-state index in [4.69, 9.17) is 0 Å². The Hall–Kier alpha value is -0.430. The third-order valence-corrected chi connectivity index (χ3v) is 3.53. The quantitative estimate of drug-likeness (QED) is 0.316. The van der Waals surface area contributed by atoms with Crippen molar-refractivity contribution in [2.75, 3.05) is 25.6 Å². The molecule has 0 aliphatic rings. The Kier molecular flexibility index (Phi) is 12.1. The van der Waals surface area contributed by atoms with Crippen molar-refractivity contribution in [2.45, 2.75) is 25.8 Å². The summed E-state index contributed by atoms with van der Waals surface area (Å²) in [5, 5.41) is 6.74. The van der Waals surface area contributed by atoms with Crippen LogP contribution in [0.4, 0.5) is 0 Å². The normalized spacial score (nSPS) is 12.4. The fourth-order valence-corrected chi connectivity index (χ4v) is 2.11. The van der Waals surface area contributed by atoms with E-state index in [2.05, 4.69) is 59.1 Å². The van der Waals surface area contributed by atoms with Gasteiger partial charge in [0.15, 0.2) is 5.96 Å². The van der Waals surface area contributed by atoms with Crippen molar-refractivity contribution < 1.29 is 0 Å². The average molecular weight is 407 g/mol. The van der Waals surface area contributed by atoms with E-state index >= 15 is 0 Å². The molecule has 0 radical (unpaired) electrons. The number of nitrogens with one attached hydrogen (secondary N) is 2. The Morgan fingerprint density at radius 1 is 1.30 bits per heavy atom. The van der Waals surface area contributed by atoms with Gasteiger partial charge in [0.25, 0.3) is 0 Å². The second-order valence-electron chi connectivity index (χ2n) is 4.56. The van der Waals surface area contributed by atoms with Crippen molar-refractivity contribution in [3.8, 4) is 0 Å². The first-order valence-electron chi connectivity index (χ1n) is 6.76. The first-order valence-corrected chi connectivity index (χ1v) is 8.15. The molecule has 0 aromatic heterocycles. The molecule has 5 heteroatoms. The summed E-state index contributed by atoms with van der Waals surface area (Å²) in [5.74, 6) is 1.99. The van der Waals surface area contributed by atoms with Gasteiger partial charge in [0.1, 0.15) is 0 Å². The zero-order valence-electron chi connectivity index (χ0n) is 12.6. The minimum Gasteiger partial charge on any atom is -0.356 e. The van der Waals surface area contributed by atoms with Crippen LogP contribution in [0.5, 0.6) is 0 Å². The van der Waals surface area contributed by atoms with Crippen LogP contribution in [-0.4, -0.2) is 37.6 Å². The van der Waals surface area contributed by atoms with Crippen molar-refractivity contribution in [2.24, 2.45) is 4.99 Å². The molecule has 0 saturated heterocycles. The lowest BCUT2D eigenvalue weighted by Crippen LogP contribution is -2.43. The van der Waals surface area contributed by atoms with Crippen LogP contribution in [-0.2, 0) is 6.42 Å². The van der Waals surface area contributed by atoms with Crippen LogP contribution in [0.15, 0.2) is 35.3 Å². The van der Waals surface area contributed by atoms with Gasteiger partial charge in [0.05, 0.1) is 0 Å². The lowest BCUT2D eigenvalue weighted by Gasteiger charge is -2.17. The third-order valence-electron chi connectivity index (χ3n) is 2.91. The molecule has 0 aliphatic carbocycles. The van der Waals surface area contributed by atoms with Gasteiger partial charge < -0.3 is 10.6 Å². The van der Waals surface area contributed by atoms with Gasteiger partial charge in [-0.25, -0.2) is 0 Å². The lowest BCUT2D eigenvalue weighted by atomic mass is 10.1. The predicted molar refractivity (Wildman–Crippen MR) is 103 cm³/mol. The Morgan fingerprint density at radius 2 is 2.00 bits per heavy atom. The van der Waals surface area contributed by atoms with Gasteiger partial charge in [-0.2, -0.15) is 11.8 Å². The first kappa shape index (κ1) is 19.6. The van der Waals surface area contributed by atoms with E-state index in [9.17, 15) is 0 Å². The molecule has 1 rings (SSSR count).